The number of hydrogen-bond donors (Lipinski definition) is 3. The third kappa shape index (κ3) is 4.69. The molecule has 1 aromatic heterocycles. The minimum Gasteiger partial charge on any atom is -0.353 e. The van der Waals surface area contributed by atoms with Crippen LogP contribution in [-0.4, -0.2) is 54.5 Å². The van der Waals surface area contributed by atoms with Crippen LogP contribution in [0.15, 0.2) is 4.90 Å². The SMILES string of the molecule is Cc1n[nH]c(C)c1S(=O)(=O)N1CCCC(C(=O)NC2CCCCC2CN)C1.Cl. The molecular formula is C18H32ClN5O3S. The van der Waals surface area contributed by atoms with Gasteiger partial charge in [0, 0.05) is 19.1 Å². The maximum absolute atomic E-state index is 13.1. The van der Waals surface area contributed by atoms with Crippen LogP contribution in [0.3, 0.4) is 0 Å². The lowest BCUT2D eigenvalue weighted by atomic mass is 9.84. The van der Waals surface area contributed by atoms with Crippen molar-refractivity contribution in [2.45, 2.75) is 63.3 Å². The summed E-state index contributed by atoms with van der Waals surface area (Å²) in [4.78, 5) is 13.1. The van der Waals surface area contributed by atoms with E-state index in [0.29, 0.717) is 43.2 Å². The number of aryl methyl sites for hydroxylation is 2. The molecular weight excluding hydrogens is 402 g/mol. The topological polar surface area (TPSA) is 121 Å². The Balaban J connectivity index is 0.00000280. The number of sulfonamides is 1. The Morgan fingerprint density at radius 2 is 1.96 bits per heavy atom. The monoisotopic (exact) mass is 433 g/mol. The van der Waals surface area contributed by atoms with Gasteiger partial charge in [0.1, 0.15) is 4.90 Å². The van der Waals surface area contributed by atoms with Gasteiger partial charge in [-0.2, -0.15) is 9.40 Å². The van der Waals surface area contributed by atoms with E-state index in [1.54, 1.807) is 13.8 Å². The highest BCUT2D eigenvalue weighted by atomic mass is 35.5. The molecule has 3 unspecified atom stereocenters. The van der Waals surface area contributed by atoms with Crippen LogP contribution in [0.1, 0.15) is 49.9 Å². The molecule has 4 N–H and O–H groups in total. The summed E-state index contributed by atoms with van der Waals surface area (Å²) in [5.74, 6) is -0.0374. The van der Waals surface area contributed by atoms with Gasteiger partial charge in [0.05, 0.1) is 17.3 Å². The molecule has 2 aliphatic rings. The first kappa shape index (κ1) is 23.1. The number of amides is 1. The van der Waals surface area contributed by atoms with Crippen LogP contribution in [0.2, 0.25) is 0 Å². The summed E-state index contributed by atoms with van der Waals surface area (Å²) in [5.41, 5.74) is 6.86. The molecule has 10 heteroatoms. The summed E-state index contributed by atoms with van der Waals surface area (Å²) < 4.78 is 27.6. The Labute approximate surface area is 173 Å². The molecule has 0 aromatic carbocycles. The largest absolute Gasteiger partial charge is 0.353 e. The van der Waals surface area contributed by atoms with Crippen LogP contribution in [0.5, 0.6) is 0 Å². The molecule has 1 aromatic rings. The molecule has 1 aliphatic heterocycles. The number of piperidine rings is 1. The number of hydrogen-bond acceptors (Lipinski definition) is 5. The van der Waals surface area contributed by atoms with Crippen LogP contribution >= 0.6 is 12.4 Å². The molecule has 28 heavy (non-hydrogen) atoms. The fourth-order valence-electron chi connectivity index (χ4n) is 4.40. The lowest BCUT2D eigenvalue weighted by molar-refractivity contribution is -0.127. The number of halogens is 1. The van der Waals surface area contributed by atoms with Gasteiger partial charge >= 0.3 is 0 Å². The van der Waals surface area contributed by atoms with Crippen LogP contribution < -0.4 is 11.1 Å². The molecule has 1 aliphatic carbocycles. The molecule has 1 saturated carbocycles. The molecule has 2 fully saturated rings. The Hall–Kier alpha value is -1.16. The lowest BCUT2D eigenvalue weighted by Gasteiger charge is -2.35. The van der Waals surface area contributed by atoms with Crippen molar-refractivity contribution in [3.8, 4) is 0 Å². The minimum atomic E-state index is -3.66. The van der Waals surface area contributed by atoms with Crippen molar-refractivity contribution >= 4 is 28.3 Å². The summed E-state index contributed by atoms with van der Waals surface area (Å²) in [6.45, 7) is 4.62. The van der Waals surface area contributed by atoms with Crippen LogP contribution in [-0.2, 0) is 14.8 Å². The van der Waals surface area contributed by atoms with Crippen molar-refractivity contribution in [2.24, 2.45) is 17.6 Å². The first-order valence-corrected chi connectivity index (χ1v) is 11.3. The standard InChI is InChI=1S/C18H31N5O3S.ClH/c1-12-17(13(2)22-21-12)27(25,26)23-9-5-7-15(11-23)18(24)20-16-8-4-3-6-14(16)10-19;/h14-16H,3-11,19H2,1-2H3,(H,20,24)(H,21,22);1H. The number of carbonyl (C=O) groups excluding carboxylic acids is 1. The van der Waals surface area contributed by atoms with Gasteiger partial charge in [-0.25, -0.2) is 8.42 Å². The van der Waals surface area contributed by atoms with E-state index in [9.17, 15) is 13.2 Å². The fraction of sp³-hybridized carbons (Fsp3) is 0.778. The third-order valence-electron chi connectivity index (χ3n) is 5.95. The number of nitrogens with two attached hydrogens (primary N) is 1. The smallest absolute Gasteiger partial charge is 0.246 e. The lowest BCUT2D eigenvalue weighted by Crippen LogP contribution is -2.50. The van der Waals surface area contributed by atoms with Gasteiger partial charge in [0.25, 0.3) is 0 Å². The second-order valence-corrected chi connectivity index (χ2v) is 9.74. The van der Waals surface area contributed by atoms with E-state index >= 15 is 0 Å². The third-order valence-corrected chi connectivity index (χ3v) is 8.08. The van der Waals surface area contributed by atoms with E-state index in [-0.39, 0.29) is 41.7 Å². The van der Waals surface area contributed by atoms with Gasteiger partial charge in [-0.3, -0.25) is 9.89 Å². The van der Waals surface area contributed by atoms with E-state index in [2.05, 4.69) is 15.5 Å². The molecule has 1 amide bonds. The molecule has 160 valence electrons. The number of nitrogens with zero attached hydrogens (tertiary/aromatic N) is 2. The van der Waals surface area contributed by atoms with Crippen molar-refractivity contribution < 1.29 is 13.2 Å². The Kier molecular flexibility index (Phi) is 7.89. The number of aromatic nitrogens is 2. The van der Waals surface area contributed by atoms with Crippen molar-refractivity contribution in [2.75, 3.05) is 19.6 Å². The average molecular weight is 434 g/mol. The summed E-state index contributed by atoms with van der Waals surface area (Å²) in [5, 5.41) is 9.90. The second-order valence-electron chi connectivity index (χ2n) is 7.86. The van der Waals surface area contributed by atoms with E-state index in [0.717, 1.165) is 25.7 Å². The van der Waals surface area contributed by atoms with Crippen molar-refractivity contribution in [3.63, 3.8) is 0 Å². The highest BCUT2D eigenvalue weighted by Gasteiger charge is 2.36. The molecule has 8 nitrogen and oxygen atoms in total. The Morgan fingerprint density at radius 1 is 1.25 bits per heavy atom. The zero-order chi connectivity index (χ0) is 19.6. The number of rotatable bonds is 5. The maximum atomic E-state index is 13.1. The van der Waals surface area contributed by atoms with Crippen molar-refractivity contribution in [1.82, 2.24) is 19.8 Å². The summed E-state index contributed by atoms with van der Waals surface area (Å²) in [7, 11) is -3.66. The molecule has 3 atom stereocenters. The van der Waals surface area contributed by atoms with Crippen molar-refractivity contribution in [3.05, 3.63) is 11.4 Å². The van der Waals surface area contributed by atoms with E-state index in [1.807, 2.05) is 0 Å². The van der Waals surface area contributed by atoms with E-state index < -0.39 is 10.0 Å². The van der Waals surface area contributed by atoms with Crippen molar-refractivity contribution in [1.29, 1.82) is 0 Å². The normalized spacial score (nSPS) is 26.5. The van der Waals surface area contributed by atoms with Gasteiger partial charge in [0.15, 0.2) is 0 Å². The van der Waals surface area contributed by atoms with Gasteiger partial charge in [-0.15, -0.1) is 12.4 Å². The molecule has 1 saturated heterocycles. The zero-order valence-electron chi connectivity index (χ0n) is 16.6. The van der Waals surface area contributed by atoms with Gasteiger partial charge < -0.3 is 11.1 Å². The molecule has 0 bridgehead atoms. The molecule has 0 radical (unpaired) electrons. The van der Waals surface area contributed by atoms with Crippen LogP contribution in [0, 0.1) is 25.7 Å². The summed E-state index contributed by atoms with van der Waals surface area (Å²) >= 11 is 0. The number of nitrogens with one attached hydrogen (secondary N) is 2. The Morgan fingerprint density at radius 3 is 2.61 bits per heavy atom. The quantitative estimate of drug-likeness (QED) is 0.649. The van der Waals surface area contributed by atoms with Gasteiger partial charge in [-0.1, -0.05) is 12.8 Å². The van der Waals surface area contributed by atoms with Gasteiger partial charge in [-0.05, 0) is 52.0 Å². The molecule has 3 rings (SSSR count). The summed E-state index contributed by atoms with van der Waals surface area (Å²) in [6.07, 6.45) is 5.65. The highest BCUT2D eigenvalue weighted by Crippen LogP contribution is 2.28. The second kappa shape index (κ2) is 9.56. The summed E-state index contributed by atoms with van der Waals surface area (Å²) in [6, 6.07) is 0.113. The molecule has 0 spiro atoms. The zero-order valence-corrected chi connectivity index (χ0v) is 18.2. The molecule has 2 heterocycles. The average Bonchev–Trinajstić information content (AvgIpc) is 3.01. The van der Waals surface area contributed by atoms with Crippen LogP contribution in [0.25, 0.3) is 0 Å². The fourth-order valence-corrected chi connectivity index (χ4v) is 6.26. The van der Waals surface area contributed by atoms with E-state index in [1.165, 1.54) is 4.31 Å². The highest BCUT2D eigenvalue weighted by molar-refractivity contribution is 7.89. The first-order valence-electron chi connectivity index (χ1n) is 9.86. The maximum Gasteiger partial charge on any atom is 0.246 e. The van der Waals surface area contributed by atoms with Gasteiger partial charge in [0.2, 0.25) is 15.9 Å². The minimum absolute atomic E-state index is 0. The predicted octanol–water partition coefficient (Wildman–Crippen LogP) is 1.48. The number of aromatic amines is 1. The predicted molar refractivity (Wildman–Crippen MR) is 110 cm³/mol. The van der Waals surface area contributed by atoms with E-state index in [4.69, 9.17) is 5.73 Å². The number of H-pyrrole nitrogens is 1. The Bertz CT molecular complexity index is 763. The van der Waals surface area contributed by atoms with Crippen LogP contribution in [0.4, 0.5) is 0 Å². The number of carbonyl (C=O) groups is 1. The first-order chi connectivity index (χ1) is 12.8.